The molecule has 0 fully saturated rings. The van der Waals surface area contributed by atoms with Gasteiger partial charge in [0.2, 0.25) is 0 Å². The van der Waals surface area contributed by atoms with Gasteiger partial charge in [-0.3, -0.25) is 0 Å². The number of aryl methyl sites for hydroxylation is 1. The highest BCUT2D eigenvalue weighted by Crippen LogP contribution is 2.24. The summed E-state index contributed by atoms with van der Waals surface area (Å²) in [7, 11) is 0. The summed E-state index contributed by atoms with van der Waals surface area (Å²) in [5.41, 5.74) is 5.45. The first kappa shape index (κ1) is 11.7. The van der Waals surface area contributed by atoms with Crippen LogP contribution in [0.5, 0.6) is 0 Å². The van der Waals surface area contributed by atoms with Crippen LogP contribution in [-0.2, 0) is 0 Å². The third-order valence-corrected chi connectivity index (χ3v) is 3.20. The first-order valence-corrected chi connectivity index (χ1v) is 6.24. The minimum absolute atomic E-state index is 0.214. The molecule has 94 valence electrons. The van der Waals surface area contributed by atoms with E-state index in [9.17, 15) is 4.39 Å². The van der Waals surface area contributed by atoms with Crippen LogP contribution in [0.2, 0.25) is 0 Å². The Bertz CT molecular complexity index is 618. The summed E-state index contributed by atoms with van der Waals surface area (Å²) >= 11 is 0. The van der Waals surface area contributed by atoms with Crippen LogP contribution < -0.4 is 0 Å². The summed E-state index contributed by atoms with van der Waals surface area (Å²) in [6.45, 7) is 2.07. The van der Waals surface area contributed by atoms with Crippen molar-refractivity contribution in [1.29, 1.82) is 0 Å². The number of hydrogen-bond acceptors (Lipinski definition) is 0. The molecule has 0 radical (unpaired) electrons. The lowest BCUT2D eigenvalue weighted by Gasteiger charge is -2.00. The molecule has 1 nitrogen and oxygen atoms in total. The van der Waals surface area contributed by atoms with Gasteiger partial charge in [0.1, 0.15) is 5.82 Å². The monoisotopic (exact) mass is 251 g/mol. The molecule has 19 heavy (non-hydrogen) atoms. The van der Waals surface area contributed by atoms with Crippen molar-refractivity contribution in [2.45, 2.75) is 6.92 Å². The third kappa shape index (κ3) is 2.43. The molecule has 1 aromatic heterocycles. The van der Waals surface area contributed by atoms with Crippen molar-refractivity contribution in [1.82, 2.24) is 4.98 Å². The van der Waals surface area contributed by atoms with E-state index in [1.165, 1.54) is 17.7 Å². The quantitative estimate of drug-likeness (QED) is 0.673. The Kier molecular flexibility index (Phi) is 2.92. The smallest absolute Gasteiger partial charge is 0.123 e. The molecule has 0 spiro atoms. The van der Waals surface area contributed by atoms with E-state index >= 15 is 0 Å². The number of rotatable bonds is 2. The summed E-state index contributed by atoms with van der Waals surface area (Å²) in [5, 5.41) is 0. The van der Waals surface area contributed by atoms with E-state index in [1.807, 2.05) is 12.1 Å². The van der Waals surface area contributed by atoms with Gasteiger partial charge in [-0.15, -0.1) is 0 Å². The van der Waals surface area contributed by atoms with Gasteiger partial charge >= 0.3 is 0 Å². The van der Waals surface area contributed by atoms with Gasteiger partial charge < -0.3 is 4.98 Å². The molecule has 2 heteroatoms. The molecule has 0 saturated heterocycles. The first-order chi connectivity index (χ1) is 9.22. The Morgan fingerprint density at radius 1 is 0.684 bits per heavy atom. The molecule has 0 amide bonds. The molecule has 0 atom stereocenters. The van der Waals surface area contributed by atoms with Crippen LogP contribution in [0.4, 0.5) is 4.39 Å². The molecule has 0 bridgehead atoms. The fourth-order valence-corrected chi connectivity index (χ4v) is 2.09. The standard InChI is InChI=1S/C17H14FN/c1-12-2-4-13(5-3-12)16-10-11-17(19-16)14-6-8-15(18)9-7-14/h2-11,19H,1H3. The lowest BCUT2D eigenvalue weighted by atomic mass is 10.1. The molecule has 0 aliphatic carbocycles. The highest BCUT2D eigenvalue weighted by atomic mass is 19.1. The van der Waals surface area contributed by atoms with E-state index in [0.29, 0.717) is 0 Å². The van der Waals surface area contributed by atoms with Gasteiger partial charge in [-0.1, -0.05) is 29.8 Å². The molecule has 0 saturated carbocycles. The Morgan fingerprint density at radius 3 is 1.68 bits per heavy atom. The lowest BCUT2D eigenvalue weighted by molar-refractivity contribution is 0.628. The van der Waals surface area contributed by atoms with Crippen LogP contribution in [0.15, 0.2) is 60.7 Å². The Balaban J connectivity index is 1.95. The predicted octanol–water partition coefficient (Wildman–Crippen LogP) is 4.80. The van der Waals surface area contributed by atoms with Crippen molar-refractivity contribution in [3.63, 3.8) is 0 Å². The van der Waals surface area contributed by atoms with Crippen molar-refractivity contribution < 1.29 is 4.39 Å². The average molecular weight is 251 g/mol. The zero-order valence-corrected chi connectivity index (χ0v) is 10.7. The maximum Gasteiger partial charge on any atom is 0.123 e. The number of hydrogen-bond donors (Lipinski definition) is 1. The summed E-state index contributed by atoms with van der Waals surface area (Å²) < 4.78 is 12.9. The van der Waals surface area contributed by atoms with Crippen molar-refractivity contribution in [2.75, 3.05) is 0 Å². The van der Waals surface area contributed by atoms with Crippen LogP contribution in [0.25, 0.3) is 22.5 Å². The highest BCUT2D eigenvalue weighted by Gasteiger charge is 2.03. The van der Waals surface area contributed by atoms with Crippen LogP contribution in [0.3, 0.4) is 0 Å². The molecule has 1 N–H and O–H groups in total. The second kappa shape index (κ2) is 4.73. The normalized spacial score (nSPS) is 10.6. The molecule has 0 aliphatic rings. The predicted molar refractivity (Wildman–Crippen MR) is 76.4 cm³/mol. The zero-order valence-electron chi connectivity index (χ0n) is 10.7. The Morgan fingerprint density at radius 2 is 1.16 bits per heavy atom. The number of H-pyrrole nitrogens is 1. The Hall–Kier alpha value is -2.35. The molecule has 3 rings (SSSR count). The van der Waals surface area contributed by atoms with Crippen LogP contribution in [0, 0.1) is 12.7 Å². The molecule has 0 aliphatic heterocycles. The topological polar surface area (TPSA) is 15.8 Å². The maximum absolute atomic E-state index is 12.9. The zero-order chi connectivity index (χ0) is 13.2. The van der Waals surface area contributed by atoms with Crippen molar-refractivity contribution >= 4 is 0 Å². The van der Waals surface area contributed by atoms with E-state index in [1.54, 1.807) is 12.1 Å². The molecule has 0 unspecified atom stereocenters. The van der Waals surface area contributed by atoms with Crippen LogP contribution >= 0.6 is 0 Å². The van der Waals surface area contributed by atoms with E-state index in [2.05, 4.69) is 36.2 Å². The van der Waals surface area contributed by atoms with Gasteiger partial charge in [0, 0.05) is 11.4 Å². The Labute approximate surface area is 111 Å². The highest BCUT2D eigenvalue weighted by molar-refractivity contribution is 5.68. The second-order valence-corrected chi connectivity index (χ2v) is 4.66. The van der Waals surface area contributed by atoms with Gasteiger partial charge in [0.05, 0.1) is 0 Å². The first-order valence-electron chi connectivity index (χ1n) is 6.24. The summed E-state index contributed by atoms with van der Waals surface area (Å²) in [4.78, 5) is 3.36. The average Bonchev–Trinajstić information content (AvgIpc) is 2.90. The summed E-state index contributed by atoms with van der Waals surface area (Å²) in [5.74, 6) is -0.214. The molecule has 3 aromatic rings. The largest absolute Gasteiger partial charge is 0.355 e. The molecular formula is C17H14FN. The number of halogens is 1. The lowest BCUT2D eigenvalue weighted by Crippen LogP contribution is -1.81. The number of aromatic amines is 1. The SMILES string of the molecule is Cc1ccc(-c2ccc(-c3ccc(F)cc3)[nH]2)cc1. The molecule has 1 heterocycles. The van der Waals surface area contributed by atoms with Crippen molar-refractivity contribution in [3.8, 4) is 22.5 Å². The van der Waals surface area contributed by atoms with E-state index in [4.69, 9.17) is 0 Å². The minimum Gasteiger partial charge on any atom is -0.355 e. The fraction of sp³-hybridized carbons (Fsp3) is 0.0588. The van der Waals surface area contributed by atoms with Gasteiger partial charge in [-0.2, -0.15) is 0 Å². The van der Waals surface area contributed by atoms with Crippen LogP contribution in [-0.4, -0.2) is 4.98 Å². The number of nitrogens with one attached hydrogen (secondary N) is 1. The summed E-state index contributed by atoms with van der Waals surface area (Å²) in [6.07, 6.45) is 0. The number of benzene rings is 2. The van der Waals surface area contributed by atoms with E-state index in [-0.39, 0.29) is 5.82 Å². The second-order valence-electron chi connectivity index (χ2n) is 4.66. The van der Waals surface area contributed by atoms with Gasteiger partial charge in [0.15, 0.2) is 0 Å². The molecule has 2 aromatic carbocycles. The van der Waals surface area contributed by atoms with Gasteiger partial charge in [-0.25, -0.2) is 4.39 Å². The minimum atomic E-state index is -0.214. The van der Waals surface area contributed by atoms with Gasteiger partial charge in [-0.05, 0) is 54.4 Å². The third-order valence-electron chi connectivity index (χ3n) is 3.20. The van der Waals surface area contributed by atoms with Crippen LogP contribution in [0.1, 0.15) is 5.56 Å². The van der Waals surface area contributed by atoms with Crippen molar-refractivity contribution in [2.24, 2.45) is 0 Å². The van der Waals surface area contributed by atoms with Crippen molar-refractivity contribution in [3.05, 3.63) is 72.0 Å². The van der Waals surface area contributed by atoms with E-state index < -0.39 is 0 Å². The maximum atomic E-state index is 12.9. The van der Waals surface area contributed by atoms with E-state index in [0.717, 1.165) is 22.5 Å². The number of aromatic nitrogens is 1. The molecular weight excluding hydrogens is 237 g/mol. The summed E-state index contributed by atoms with van der Waals surface area (Å²) in [6, 6.07) is 18.9. The van der Waals surface area contributed by atoms with Gasteiger partial charge in [0.25, 0.3) is 0 Å². The fourth-order valence-electron chi connectivity index (χ4n) is 2.09.